The maximum atomic E-state index is 12.9. The van der Waals surface area contributed by atoms with E-state index in [-0.39, 0.29) is 12.5 Å². The van der Waals surface area contributed by atoms with Crippen LogP contribution in [0.5, 0.6) is 0 Å². The first kappa shape index (κ1) is 58.6. The predicted molar refractivity (Wildman–Crippen MR) is 262 cm³/mol. The SMILES string of the molecule is CC/C=C\C/C=C\C/C=C\C/C=C\C/C=C\CCCCCCCCCCCCCCCCCCCCCC(=O)NC(COC1OC(CO)C(O)C(O)C1O)C(O)/C=C/CCCCC. The van der Waals surface area contributed by atoms with Gasteiger partial charge in [0.2, 0.25) is 5.91 Å². The number of nitrogens with one attached hydrogen (secondary N) is 1. The van der Waals surface area contributed by atoms with Gasteiger partial charge in [-0.1, -0.05) is 209 Å². The lowest BCUT2D eigenvalue weighted by Crippen LogP contribution is -2.60. The van der Waals surface area contributed by atoms with Gasteiger partial charge in [-0.3, -0.25) is 4.79 Å². The van der Waals surface area contributed by atoms with E-state index in [0.717, 1.165) is 77.0 Å². The first-order valence-electron chi connectivity index (χ1n) is 25.7. The molecule has 0 aromatic heterocycles. The Balaban J connectivity index is 2.00. The van der Waals surface area contributed by atoms with Crippen molar-refractivity contribution in [2.45, 2.75) is 249 Å². The van der Waals surface area contributed by atoms with Crippen molar-refractivity contribution in [1.29, 1.82) is 0 Å². The summed E-state index contributed by atoms with van der Waals surface area (Å²) in [6.07, 6.45) is 53.2. The van der Waals surface area contributed by atoms with Crippen molar-refractivity contribution in [2.75, 3.05) is 13.2 Å². The zero-order valence-electron chi connectivity index (χ0n) is 40.1. The molecular formula is C54H95NO8. The van der Waals surface area contributed by atoms with E-state index in [2.05, 4.69) is 79.9 Å². The van der Waals surface area contributed by atoms with Gasteiger partial charge in [0.05, 0.1) is 25.4 Å². The van der Waals surface area contributed by atoms with Crippen LogP contribution in [0.25, 0.3) is 0 Å². The third-order valence-electron chi connectivity index (χ3n) is 11.8. The largest absolute Gasteiger partial charge is 0.394 e. The van der Waals surface area contributed by atoms with Crippen LogP contribution in [-0.4, -0.2) is 87.5 Å². The van der Waals surface area contributed by atoms with Crippen LogP contribution in [0, 0.1) is 0 Å². The molecule has 0 aromatic rings. The summed E-state index contributed by atoms with van der Waals surface area (Å²) in [6, 6.07) is -0.801. The highest BCUT2D eigenvalue weighted by Crippen LogP contribution is 2.23. The number of unbranched alkanes of at least 4 members (excludes halogenated alkanes) is 22. The Morgan fingerprint density at radius 1 is 0.556 bits per heavy atom. The second kappa shape index (κ2) is 43.5. The normalized spacial score (nSPS) is 20.8. The number of carbonyl (C=O) groups excluding carboxylic acids is 1. The highest BCUT2D eigenvalue weighted by molar-refractivity contribution is 5.76. The van der Waals surface area contributed by atoms with Gasteiger partial charge in [-0.15, -0.1) is 0 Å². The lowest BCUT2D eigenvalue weighted by molar-refractivity contribution is -0.302. The Morgan fingerprint density at radius 3 is 1.46 bits per heavy atom. The van der Waals surface area contributed by atoms with Crippen molar-refractivity contribution < 1.29 is 39.8 Å². The molecule has 0 aliphatic carbocycles. The van der Waals surface area contributed by atoms with Crippen LogP contribution in [0.15, 0.2) is 72.9 Å². The summed E-state index contributed by atoms with van der Waals surface area (Å²) >= 11 is 0. The number of amides is 1. The lowest BCUT2D eigenvalue weighted by Gasteiger charge is -2.40. The number of hydrogen-bond donors (Lipinski definition) is 6. The van der Waals surface area contributed by atoms with Crippen molar-refractivity contribution in [1.82, 2.24) is 5.32 Å². The van der Waals surface area contributed by atoms with Gasteiger partial charge < -0.3 is 40.3 Å². The Kier molecular flexibility index (Phi) is 40.5. The van der Waals surface area contributed by atoms with E-state index in [0.29, 0.717) is 6.42 Å². The molecule has 63 heavy (non-hydrogen) atoms. The highest BCUT2D eigenvalue weighted by Gasteiger charge is 2.44. The van der Waals surface area contributed by atoms with E-state index >= 15 is 0 Å². The molecule has 1 rings (SSSR count). The monoisotopic (exact) mass is 886 g/mol. The molecule has 364 valence electrons. The summed E-state index contributed by atoms with van der Waals surface area (Å²) in [4.78, 5) is 12.9. The van der Waals surface area contributed by atoms with Crippen molar-refractivity contribution >= 4 is 5.91 Å². The number of hydrogen-bond acceptors (Lipinski definition) is 8. The third kappa shape index (κ3) is 33.7. The van der Waals surface area contributed by atoms with E-state index in [9.17, 15) is 30.3 Å². The number of allylic oxidation sites excluding steroid dienone is 11. The summed E-state index contributed by atoms with van der Waals surface area (Å²) in [6.45, 7) is 3.54. The average molecular weight is 886 g/mol. The van der Waals surface area contributed by atoms with Crippen LogP contribution in [-0.2, 0) is 14.3 Å². The van der Waals surface area contributed by atoms with Crippen LogP contribution in [0.2, 0.25) is 0 Å². The second-order valence-electron chi connectivity index (χ2n) is 17.6. The van der Waals surface area contributed by atoms with Gasteiger partial charge in [-0.05, 0) is 64.2 Å². The van der Waals surface area contributed by atoms with Crippen LogP contribution in [0.3, 0.4) is 0 Å². The van der Waals surface area contributed by atoms with Gasteiger partial charge in [-0.25, -0.2) is 0 Å². The van der Waals surface area contributed by atoms with Crippen LogP contribution in [0.1, 0.15) is 206 Å². The molecule has 1 amide bonds. The molecule has 1 saturated heterocycles. The summed E-state index contributed by atoms with van der Waals surface area (Å²) in [5.41, 5.74) is 0. The van der Waals surface area contributed by atoms with Crippen molar-refractivity contribution in [3.05, 3.63) is 72.9 Å². The van der Waals surface area contributed by atoms with Gasteiger partial charge in [0.1, 0.15) is 24.4 Å². The highest BCUT2D eigenvalue weighted by atomic mass is 16.7. The van der Waals surface area contributed by atoms with Crippen molar-refractivity contribution in [3.63, 3.8) is 0 Å². The fourth-order valence-electron chi connectivity index (χ4n) is 7.71. The first-order valence-corrected chi connectivity index (χ1v) is 25.7. The molecule has 0 aromatic carbocycles. The summed E-state index contributed by atoms with van der Waals surface area (Å²) in [5.74, 6) is -0.185. The minimum absolute atomic E-state index is 0.185. The number of aliphatic hydroxyl groups excluding tert-OH is 5. The minimum Gasteiger partial charge on any atom is -0.394 e. The Hall–Kier alpha value is -2.37. The molecule has 7 atom stereocenters. The van der Waals surface area contributed by atoms with Crippen LogP contribution < -0.4 is 5.32 Å². The molecule has 9 heteroatoms. The number of aliphatic hydroxyl groups is 5. The third-order valence-corrected chi connectivity index (χ3v) is 11.8. The summed E-state index contributed by atoms with van der Waals surface area (Å²) < 4.78 is 11.1. The average Bonchev–Trinajstić information content (AvgIpc) is 3.28. The summed E-state index contributed by atoms with van der Waals surface area (Å²) in [7, 11) is 0. The quantitative estimate of drug-likeness (QED) is 0.0262. The summed E-state index contributed by atoms with van der Waals surface area (Å²) in [5, 5.41) is 53.8. The lowest BCUT2D eigenvalue weighted by atomic mass is 9.99. The molecule has 1 aliphatic heterocycles. The van der Waals surface area contributed by atoms with Gasteiger partial charge in [0.15, 0.2) is 6.29 Å². The number of ether oxygens (including phenoxy) is 2. The molecule has 0 bridgehead atoms. The van der Waals surface area contributed by atoms with E-state index in [1.807, 2.05) is 6.08 Å². The van der Waals surface area contributed by atoms with Crippen LogP contribution in [0.4, 0.5) is 0 Å². The van der Waals surface area contributed by atoms with Gasteiger partial charge in [-0.2, -0.15) is 0 Å². The minimum atomic E-state index is -1.56. The van der Waals surface area contributed by atoms with Gasteiger partial charge in [0.25, 0.3) is 0 Å². The smallest absolute Gasteiger partial charge is 0.220 e. The fourth-order valence-corrected chi connectivity index (χ4v) is 7.71. The maximum Gasteiger partial charge on any atom is 0.220 e. The predicted octanol–water partition coefficient (Wildman–Crippen LogP) is 11.7. The first-order chi connectivity index (χ1) is 30.8. The second-order valence-corrected chi connectivity index (χ2v) is 17.6. The molecule has 7 unspecified atom stereocenters. The molecule has 6 N–H and O–H groups in total. The molecule has 1 aliphatic rings. The zero-order valence-corrected chi connectivity index (χ0v) is 40.1. The molecule has 0 spiro atoms. The molecule has 0 saturated carbocycles. The zero-order chi connectivity index (χ0) is 45.9. The Bertz CT molecular complexity index is 1210. The standard InChI is InChI=1S/C54H95NO8/c1-3-5-7-9-10-11-12-13-14-15-16-17-18-19-20-21-22-23-24-25-26-27-28-29-30-31-32-33-34-35-36-37-38-40-42-44-50(58)55-47(48(57)43-41-39-8-6-4-2)46-62-54-53(61)52(60)51(59)49(45-56)63-54/h5,7,10-11,13-14,16-17,19-20,41,43,47-49,51-54,56-57,59-61H,3-4,6,8-9,12,15,18,21-40,42,44-46H2,1-2H3,(H,55,58)/b7-5-,11-10-,14-13-,17-16-,20-19-,43-41+. The number of rotatable bonds is 42. The molecule has 9 nitrogen and oxygen atoms in total. The fraction of sp³-hybridized carbons (Fsp3) is 0.759. The van der Waals surface area contributed by atoms with Gasteiger partial charge >= 0.3 is 0 Å². The molecule has 1 heterocycles. The Morgan fingerprint density at radius 2 is 0.984 bits per heavy atom. The molecule has 0 radical (unpaired) electrons. The van der Waals surface area contributed by atoms with Crippen LogP contribution >= 0.6 is 0 Å². The molecule has 1 fully saturated rings. The van der Waals surface area contributed by atoms with Gasteiger partial charge in [0, 0.05) is 6.42 Å². The van der Waals surface area contributed by atoms with Crippen molar-refractivity contribution in [3.8, 4) is 0 Å². The van der Waals surface area contributed by atoms with E-state index in [1.165, 1.54) is 109 Å². The van der Waals surface area contributed by atoms with E-state index in [4.69, 9.17) is 9.47 Å². The molecular weight excluding hydrogens is 791 g/mol. The van der Waals surface area contributed by atoms with E-state index in [1.54, 1.807) is 6.08 Å². The topological polar surface area (TPSA) is 149 Å². The maximum absolute atomic E-state index is 12.9. The van der Waals surface area contributed by atoms with E-state index < -0.39 is 49.5 Å². The number of carbonyl (C=O) groups is 1. The Labute approximate surface area is 385 Å². The van der Waals surface area contributed by atoms with Crippen molar-refractivity contribution in [2.24, 2.45) is 0 Å².